The molecule has 4 nitrogen and oxygen atoms in total. The van der Waals surface area contributed by atoms with Gasteiger partial charge in [-0.1, -0.05) is 50.1 Å². The molecule has 0 aromatic heterocycles. The fraction of sp³-hybridized carbons (Fsp3) is 0.500. The summed E-state index contributed by atoms with van der Waals surface area (Å²) in [5, 5.41) is 0. The molecule has 0 aliphatic carbocycles. The molecule has 0 fully saturated rings. The van der Waals surface area contributed by atoms with E-state index in [0.717, 1.165) is 44.1 Å². The third-order valence-electron chi connectivity index (χ3n) is 4.00. The van der Waals surface area contributed by atoms with Crippen molar-refractivity contribution in [3.8, 4) is 0 Å². The Morgan fingerprint density at radius 3 is 2.65 bits per heavy atom. The molecule has 0 spiro atoms. The van der Waals surface area contributed by atoms with Crippen LogP contribution in [0.5, 0.6) is 0 Å². The first-order chi connectivity index (χ1) is 12.8. The number of unbranched alkanes of at least 4 members (excludes halogenated alkanes) is 3. The van der Waals surface area contributed by atoms with Gasteiger partial charge in [-0.3, -0.25) is 9.59 Å². The van der Waals surface area contributed by atoms with Crippen molar-refractivity contribution in [1.82, 2.24) is 0 Å². The topological polar surface area (TPSA) is 52.6 Å². The van der Waals surface area contributed by atoms with Crippen LogP contribution in [0, 0.1) is 19.3 Å². The predicted molar refractivity (Wildman–Crippen MR) is 103 cm³/mol. The van der Waals surface area contributed by atoms with Gasteiger partial charge in [0.05, 0.1) is 6.61 Å². The molecule has 4 heteroatoms. The lowest BCUT2D eigenvalue weighted by Crippen LogP contribution is -2.14. The van der Waals surface area contributed by atoms with Gasteiger partial charge in [-0.2, -0.15) is 0 Å². The Bertz CT molecular complexity index is 472. The lowest BCUT2D eigenvalue weighted by molar-refractivity contribution is -0.132. The van der Waals surface area contributed by atoms with E-state index in [1.54, 1.807) is 19.3 Å². The minimum absolute atomic E-state index is 0.0859. The summed E-state index contributed by atoms with van der Waals surface area (Å²) in [6.07, 6.45) is 11.0. The Balaban J connectivity index is 2.00. The van der Waals surface area contributed by atoms with Gasteiger partial charge in [-0.25, -0.2) is 0 Å². The first-order valence-corrected chi connectivity index (χ1v) is 9.51. The van der Waals surface area contributed by atoms with E-state index in [2.05, 4.69) is 6.92 Å². The zero-order valence-corrected chi connectivity index (χ0v) is 15.8. The Morgan fingerprint density at radius 2 is 1.92 bits per heavy atom. The monoisotopic (exact) mass is 359 g/mol. The number of benzene rings is 1. The highest BCUT2D eigenvalue weighted by Gasteiger charge is 2.11. The quantitative estimate of drug-likeness (QED) is 0.299. The average Bonchev–Trinajstić information content (AvgIpc) is 2.65. The molecule has 0 amide bonds. The van der Waals surface area contributed by atoms with Gasteiger partial charge in [-0.05, 0) is 37.7 Å². The van der Waals surface area contributed by atoms with Crippen LogP contribution in [0.15, 0.2) is 30.3 Å². The number of hydrogen-bond acceptors (Lipinski definition) is 4. The van der Waals surface area contributed by atoms with Gasteiger partial charge >= 0.3 is 0 Å². The smallest absolute Gasteiger partial charge is 0.293 e. The van der Waals surface area contributed by atoms with E-state index in [9.17, 15) is 9.59 Å². The summed E-state index contributed by atoms with van der Waals surface area (Å²) in [6.45, 7) is 3.87. The Hall–Kier alpha value is -1.68. The highest BCUT2D eigenvalue weighted by molar-refractivity contribution is 5.88. The van der Waals surface area contributed by atoms with Crippen LogP contribution in [-0.2, 0) is 25.7 Å². The average molecular weight is 359 g/mol. The second-order valence-electron chi connectivity index (χ2n) is 6.28. The van der Waals surface area contributed by atoms with E-state index < -0.39 is 0 Å². The standard InChI is InChI=1S/C22H31O4/c1-2-3-5-15-22(26-19-23)16-10-14-21(24)13-8-9-17-25-18-20-11-6-4-7-12-20/h4,6-7,10-12,14,16,19,22H,2-3,5,8-9,13,15,17-18H2,1H3. The van der Waals surface area contributed by atoms with Crippen molar-refractivity contribution < 1.29 is 19.1 Å². The van der Waals surface area contributed by atoms with E-state index in [4.69, 9.17) is 9.47 Å². The van der Waals surface area contributed by atoms with Gasteiger partial charge in [-0.15, -0.1) is 0 Å². The summed E-state index contributed by atoms with van der Waals surface area (Å²) < 4.78 is 10.6. The van der Waals surface area contributed by atoms with Gasteiger partial charge in [0.15, 0.2) is 0 Å². The number of rotatable bonds is 17. The second-order valence-corrected chi connectivity index (χ2v) is 6.28. The van der Waals surface area contributed by atoms with Crippen LogP contribution in [0.3, 0.4) is 0 Å². The fourth-order valence-electron chi connectivity index (χ4n) is 2.51. The zero-order chi connectivity index (χ0) is 18.9. The van der Waals surface area contributed by atoms with E-state index >= 15 is 0 Å². The molecule has 1 rings (SSSR count). The summed E-state index contributed by atoms with van der Waals surface area (Å²) in [6, 6.07) is 10.0. The minimum Gasteiger partial charge on any atom is -0.464 e. The van der Waals surface area contributed by atoms with Gasteiger partial charge in [0.25, 0.3) is 6.47 Å². The van der Waals surface area contributed by atoms with Crippen molar-refractivity contribution in [3.05, 3.63) is 55.2 Å². The summed E-state index contributed by atoms with van der Waals surface area (Å²) in [7, 11) is 0. The third kappa shape index (κ3) is 11.8. The van der Waals surface area contributed by atoms with Gasteiger partial charge in [0, 0.05) is 25.9 Å². The van der Waals surface area contributed by atoms with Crippen molar-refractivity contribution in [2.75, 3.05) is 6.61 Å². The molecular weight excluding hydrogens is 328 g/mol. The van der Waals surface area contributed by atoms with E-state index in [1.165, 1.54) is 0 Å². The Morgan fingerprint density at radius 1 is 1.12 bits per heavy atom. The number of ether oxygens (including phenoxy) is 2. The molecule has 143 valence electrons. The summed E-state index contributed by atoms with van der Waals surface area (Å²) in [5.41, 5.74) is 1.16. The first-order valence-electron chi connectivity index (χ1n) is 9.51. The second kappa shape index (κ2) is 15.6. The highest BCUT2D eigenvalue weighted by Crippen LogP contribution is 2.12. The minimum atomic E-state index is -0.241. The van der Waals surface area contributed by atoms with Crippen molar-refractivity contribution in [2.45, 2.75) is 64.6 Å². The molecule has 0 heterocycles. The lowest BCUT2D eigenvalue weighted by atomic mass is 10.0. The maximum absolute atomic E-state index is 11.8. The normalized spacial score (nSPS) is 11.9. The van der Waals surface area contributed by atoms with Gasteiger partial charge in [0.2, 0.25) is 0 Å². The Labute approximate surface area is 158 Å². The summed E-state index contributed by atoms with van der Waals surface area (Å²) in [5.74, 6) is 0.0859. The van der Waals surface area contributed by atoms with E-state index in [1.807, 2.05) is 30.3 Å². The van der Waals surface area contributed by atoms with Crippen LogP contribution in [0.1, 0.15) is 57.4 Å². The number of Topliss-reactive ketones (excluding diaryl/α,β-unsaturated/α-hetero) is 1. The predicted octanol–water partition coefficient (Wildman–Crippen LogP) is 4.68. The van der Waals surface area contributed by atoms with E-state index in [-0.39, 0.29) is 11.9 Å². The van der Waals surface area contributed by atoms with Crippen LogP contribution in [0.25, 0.3) is 0 Å². The molecule has 0 N–H and O–H groups in total. The first kappa shape index (κ1) is 22.4. The largest absolute Gasteiger partial charge is 0.464 e. The summed E-state index contributed by atoms with van der Waals surface area (Å²) >= 11 is 0. The highest BCUT2D eigenvalue weighted by atomic mass is 16.5. The van der Waals surface area contributed by atoms with Crippen LogP contribution in [0.4, 0.5) is 0 Å². The van der Waals surface area contributed by atoms with E-state index in [0.29, 0.717) is 26.1 Å². The SMILES string of the molecule is CCCCCC([CH][CH][CH]C(=O)CCCCOCc1ccccc1)OC=O. The number of hydrogen-bond donors (Lipinski definition) is 0. The van der Waals surface area contributed by atoms with Crippen LogP contribution in [-0.4, -0.2) is 25.0 Å². The van der Waals surface area contributed by atoms with Gasteiger partial charge in [0.1, 0.15) is 11.9 Å². The van der Waals surface area contributed by atoms with Crippen molar-refractivity contribution in [1.29, 1.82) is 0 Å². The van der Waals surface area contributed by atoms with Crippen molar-refractivity contribution in [2.24, 2.45) is 0 Å². The molecule has 0 saturated carbocycles. The number of carbonyl (C=O) groups excluding carboxylic acids is 2. The molecule has 3 radical (unpaired) electrons. The maximum Gasteiger partial charge on any atom is 0.293 e. The molecule has 0 aliphatic rings. The molecule has 1 atom stereocenters. The zero-order valence-electron chi connectivity index (χ0n) is 15.8. The summed E-state index contributed by atoms with van der Waals surface area (Å²) in [4.78, 5) is 22.4. The molecular formula is C22H31O4. The number of ketones is 1. The molecule has 0 bridgehead atoms. The Kier molecular flexibility index (Phi) is 13.4. The fourth-order valence-corrected chi connectivity index (χ4v) is 2.51. The lowest BCUT2D eigenvalue weighted by Gasteiger charge is -2.13. The molecule has 26 heavy (non-hydrogen) atoms. The molecule has 1 aromatic carbocycles. The molecule has 0 saturated heterocycles. The molecule has 1 unspecified atom stereocenters. The number of carbonyl (C=O) groups is 2. The maximum atomic E-state index is 11.8. The van der Waals surface area contributed by atoms with Gasteiger partial charge < -0.3 is 9.47 Å². The molecule has 0 aliphatic heterocycles. The van der Waals surface area contributed by atoms with Crippen molar-refractivity contribution in [3.63, 3.8) is 0 Å². The van der Waals surface area contributed by atoms with Crippen LogP contribution < -0.4 is 0 Å². The third-order valence-corrected chi connectivity index (χ3v) is 4.00. The molecule has 1 aromatic rings. The van der Waals surface area contributed by atoms with Crippen LogP contribution >= 0.6 is 0 Å². The van der Waals surface area contributed by atoms with Crippen LogP contribution in [0.2, 0.25) is 0 Å². The van der Waals surface area contributed by atoms with Crippen molar-refractivity contribution >= 4 is 12.3 Å².